The minimum Gasteiger partial charge on any atom is -0.457 e. The number of carbonyl (C=O) groups excluding carboxylic acids is 3. The molecule has 0 saturated carbocycles. The quantitative estimate of drug-likeness (QED) is 0.375. The highest BCUT2D eigenvalue weighted by molar-refractivity contribution is 5.92. The Hall–Kier alpha value is -1.71. The standard InChI is InChI=1S/C8H9NO8/c10-3-4(11)6(13)17-8(16-5(3)12)7(14)15-2-1-9-8/h3-4,9-11H,1-2H2. The molecule has 2 fully saturated rings. The monoisotopic (exact) mass is 247 g/mol. The molecule has 0 aromatic rings. The number of hydrogen-bond donors (Lipinski definition) is 3. The van der Waals surface area contributed by atoms with Gasteiger partial charge in [-0.25, -0.2) is 19.7 Å². The Bertz CT molecular complexity index is 358. The molecule has 2 saturated heterocycles. The van der Waals surface area contributed by atoms with E-state index in [1.807, 2.05) is 0 Å². The molecule has 9 heteroatoms. The smallest absolute Gasteiger partial charge is 0.421 e. The summed E-state index contributed by atoms with van der Waals surface area (Å²) in [7, 11) is 0. The molecule has 0 aromatic heterocycles. The van der Waals surface area contributed by atoms with Crippen molar-refractivity contribution in [2.24, 2.45) is 0 Å². The van der Waals surface area contributed by atoms with Gasteiger partial charge in [-0.1, -0.05) is 0 Å². The van der Waals surface area contributed by atoms with Crippen molar-refractivity contribution in [2.75, 3.05) is 13.2 Å². The van der Waals surface area contributed by atoms with Gasteiger partial charge in [0.25, 0.3) is 0 Å². The summed E-state index contributed by atoms with van der Waals surface area (Å²) in [4.78, 5) is 34.0. The van der Waals surface area contributed by atoms with Gasteiger partial charge in [0.15, 0.2) is 12.2 Å². The van der Waals surface area contributed by atoms with E-state index < -0.39 is 36.0 Å². The molecular formula is C8H9NO8. The van der Waals surface area contributed by atoms with Crippen LogP contribution in [0.3, 0.4) is 0 Å². The highest BCUT2D eigenvalue weighted by atomic mass is 16.8. The molecular weight excluding hydrogens is 238 g/mol. The number of rotatable bonds is 0. The van der Waals surface area contributed by atoms with Crippen LogP contribution in [0.15, 0.2) is 0 Å². The van der Waals surface area contributed by atoms with Crippen LogP contribution in [-0.2, 0) is 28.6 Å². The van der Waals surface area contributed by atoms with Crippen LogP contribution in [0.4, 0.5) is 0 Å². The highest BCUT2D eigenvalue weighted by Gasteiger charge is 2.56. The van der Waals surface area contributed by atoms with Crippen molar-refractivity contribution in [3.8, 4) is 0 Å². The topological polar surface area (TPSA) is 131 Å². The maximum Gasteiger partial charge on any atom is 0.421 e. The first-order valence-electron chi connectivity index (χ1n) is 4.70. The van der Waals surface area contributed by atoms with E-state index in [-0.39, 0.29) is 13.2 Å². The van der Waals surface area contributed by atoms with E-state index in [4.69, 9.17) is 0 Å². The van der Waals surface area contributed by atoms with Gasteiger partial charge in [0.05, 0.1) is 0 Å². The Morgan fingerprint density at radius 3 is 2.12 bits per heavy atom. The summed E-state index contributed by atoms with van der Waals surface area (Å²) in [6, 6.07) is 0. The van der Waals surface area contributed by atoms with Gasteiger partial charge in [0, 0.05) is 6.54 Å². The van der Waals surface area contributed by atoms with Crippen molar-refractivity contribution in [2.45, 2.75) is 18.1 Å². The lowest BCUT2D eigenvalue weighted by Gasteiger charge is -2.32. The fourth-order valence-corrected chi connectivity index (χ4v) is 1.36. The van der Waals surface area contributed by atoms with Gasteiger partial charge in [-0.3, -0.25) is 0 Å². The van der Waals surface area contributed by atoms with Crippen LogP contribution in [0.1, 0.15) is 0 Å². The van der Waals surface area contributed by atoms with E-state index in [1.165, 1.54) is 0 Å². The summed E-state index contributed by atoms with van der Waals surface area (Å²) >= 11 is 0. The molecule has 0 amide bonds. The van der Waals surface area contributed by atoms with E-state index in [0.29, 0.717) is 0 Å². The molecule has 0 aromatic carbocycles. The molecule has 2 unspecified atom stereocenters. The van der Waals surface area contributed by atoms with Gasteiger partial charge in [-0.15, -0.1) is 0 Å². The zero-order valence-corrected chi connectivity index (χ0v) is 8.41. The van der Waals surface area contributed by atoms with Crippen LogP contribution < -0.4 is 5.32 Å². The van der Waals surface area contributed by atoms with Crippen LogP contribution in [0.5, 0.6) is 0 Å². The summed E-state index contributed by atoms with van der Waals surface area (Å²) in [5, 5.41) is 20.7. The molecule has 94 valence electrons. The van der Waals surface area contributed by atoms with Gasteiger partial charge in [-0.2, -0.15) is 0 Å². The Morgan fingerprint density at radius 1 is 1.12 bits per heavy atom. The lowest BCUT2D eigenvalue weighted by Crippen LogP contribution is -2.62. The van der Waals surface area contributed by atoms with Crippen LogP contribution >= 0.6 is 0 Å². The Morgan fingerprint density at radius 2 is 1.65 bits per heavy atom. The van der Waals surface area contributed by atoms with E-state index >= 15 is 0 Å². The van der Waals surface area contributed by atoms with E-state index in [1.54, 1.807) is 0 Å². The molecule has 2 heterocycles. The SMILES string of the molecule is O=C1OC2(NCCOC2=O)OC(=O)C(O)C1O. The molecule has 2 aliphatic heterocycles. The predicted octanol–water partition coefficient (Wildman–Crippen LogP) is -3.39. The molecule has 17 heavy (non-hydrogen) atoms. The van der Waals surface area contributed by atoms with Gasteiger partial charge < -0.3 is 24.4 Å². The highest BCUT2D eigenvalue weighted by Crippen LogP contribution is 2.21. The third-order valence-electron chi connectivity index (χ3n) is 2.23. The van der Waals surface area contributed by atoms with Gasteiger partial charge >= 0.3 is 23.8 Å². The molecule has 0 radical (unpaired) electrons. The third-order valence-corrected chi connectivity index (χ3v) is 2.23. The van der Waals surface area contributed by atoms with Gasteiger partial charge in [0.1, 0.15) is 6.61 Å². The second kappa shape index (κ2) is 3.95. The second-order valence-corrected chi connectivity index (χ2v) is 3.41. The molecule has 2 atom stereocenters. The van der Waals surface area contributed by atoms with Crippen LogP contribution in [-0.4, -0.2) is 59.4 Å². The number of cyclic esters (lactones) is 1. The fraction of sp³-hybridized carbons (Fsp3) is 0.625. The van der Waals surface area contributed by atoms with Crippen LogP contribution in [0.25, 0.3) is 0 Å². The largest absolute Gasteiger partial charge is 0.457 e. The lowest BCUT2D eigenvalue weighted by atomic mass is 10.2. The Kier molecular flexibility index (Phi) is 2.73. The maximum absolute atomic E-state index is 11.4. The molecule has 0 aliphatic carbocycles. The first-order valence-corrected chi connectivity index (χ1v) is 4.70. The molecule has 9 nitrogen and oxygen atoms in total. The molecule has 0 bridgehead atoms. The number of hydrogen-bond acceptors (Lipinski definition) is 9. The zero-order valence-electron chi connectivity index (χ0n) is 8.41. The van der Waals surface area contributed by atoms with Crippen molar-refractivity contribution in [3.63, 3.8) is 0 Å². The fourth-order valence-electron chi connectivity index (χ4n) is 1.36. The van der Waals surface area contributed by atoms with Crippen molar-refractivity contribution < 1.29 is 38.8 Å². The Labute approximate surface area is 94.2 Å². The molecule has 2 aliphatic rings. The average Bonchev–Trinajstić information content (AvgIpc) is 2.37. The van der Waals surface area contributed by atoms with E-state index in [2.05, 4.69) is 19.5 Å². The number of aliphatic hydroxyl groups is 2. The first-order chi connectivity index (χ1) is 7.96. The number of esters is 3. The normalized spacial score (nSPS) is 38.1. The van der Waals surface area contributed by atoms with E-state index in [0.717, 1.165) is 0 Å². The minimum absolute atomic E-state index is 0.0147. The molecule has 3 N–H and O–H groups in total. The summed E-state index contributed by atoms with van der Waals surface area (Å²) in [6.07, 6.45) is -4.23. The second-order valence-electron chi connectivity index (χ2n) is 3.41. The summed E-state index contributed by atoms with van der Waals surface area (Å²) in [6.45, 7) is 0.0965. The average molecular weight is 247 g/mol. The lowest BCUT2D eigenvalue weighted by molar-refractivity contribution is -0.254. The number of morpholine rings is 1. The van der Waals surface area contributed by atoms with Crippen molar-refractivity contribution in [1.29, 1.82) is 0 Å². The summed E-state index contributed by atoms with van der Waals surface area (Å²) in [5.41, 5.74) is 0. The Balaban J connectivity index is 2.32. The van der Waals surface area contributed by atoms with Crippen LogP contribution in [0.2, 0.25) is 0 Å². The third kappa shape index (κ3) is 1.84. The zero-order chi connectivity index (χ0) is 12.6. The number of ether oxygens (including phenoxy) is 3. The minimum atomic E-state index is -2.43. The van der Waals surface area contributed by atoms with Gasteiger partial charge in [0.2, 0.25) is 0 Å². The first kappa shape index (κ1) is 11.8. The number of nitrogens with one attached hydrogen (secondary N) is 1. The van der Waals surface area contributed by atoms with Crippen LogP contribution in [0, 0.1) is 0 Å². The summed E-state index contributed by atoms with van der Waals surface area (Å²) in [5.74, 6) is -6.29. The molecule has 1 spiro atoms. The number of aliphatic hydroxyl groups excluding tert-OH is 2. The van der Waals surface area contributed by atoms with Gasteiger partial charge in [-0.05, 0) is 0 Å². The molecule has 2 rings (SSSR count). The summed E-state index contributed by atoms with van der Waals surface area (Å²) < 4.78 is 13.6. The maximum atomic E-state index is 11.4. The predicted molar refractivity (Wildman–Crippen MR) is 45.9 cm³/mol. The van der Waals surface area contributed by atoms with E-state index in [9.17, 15) is 24.6 Å². The van der Waals surface area contributed by atoms with Crippen molar-refractivity contribution in [1.82, 2.24) is 5.32 Å². The van der Waals surface area contributed by atoms with Crippen molar-refractivity contribution >= 4 is 17.9 Å². The van der Waals surface area contributed by atoms with Crippen molar-refractivity contribution in [3.05, 3.63) is 0 Å². The number of carbonyl (C=O) groups is 3.